The Bertz CT molecular complexity index is 335. The SMILES string of the molecule is Cc1ccccc1C(C)NCC(C)CC(C)O. The van der Waals surface area contributed by atoms with Crippen molar-refractivity contribution in [3.63, 3.8) is 0 Å². The van der Waals surface area contributed by atoms with Gasteiger partial charge in [0.1, 0.15) is 0 Å². The standard InChI is InChI=1S/C15H25NO/c1-11(9-13(3)17)10-16-14(4)15-8-6-5-7-12(15)2/h5-8,11,13-14,16-17H,9-10H2,1-4H3. The van der Waals surface area contributed by atoms with Crippen LogP contribution in [-0.4, -0.2) is 17.8 Å². The van der Waals surface area contributed by atoms with Gasteiger partial charge < -0.3 is 10.4 Å². The second-order valence-corrected chi connectivity index (χ2v) is 5.18. The minimum Gasteiger partial charge on any atom is -0.393 e. The van der Waals surface area contributed by atoms with Crippen molar-refractivity contribution in [3.8, 4) is 0 Å². The number of nitrogens with one attached hydrogen (secondary N) is 1. The molecule has 1 rings (SSSR count). The fourth-order valence-corrected chi connectivity index (χ4v) is 2.23. The van der Waals surface area contributed by atoms with Crippen LogP contribution >= 0.6 is 0 Å². The zero-order valence-electron chi connectivity index (χ0n) is 11.4. The van der Waals surface area contributed by atoms with Gasteiger partial charge >= 0.3 is 0 Å². The van der Waals surface area contributed by atoms with Gasteiger partial charge in [0.25, 0.3) is 0 Å². The van der Waals surface area contributed by atoms with Gasteiger partial charge in [-0.15, -0.1) is 0 Å². The average molecular weight is 235 g/mol. The van der Waals surface area contributed by atoms with E-state index in [0.29, 0.717) is 12.0 Å². The maximum atomic E-state index is 9.32. The molecule has 0 radical (unpaired) electrons. The Morgan fingerprint density at radius 3 is 2.41 bits per heavy atom. The molecule has 0 amide bonds. The van der Waals surface area contributed by atoms with E-state index in [2.05, 4.69) is 50.4 Å². The summed E-state index contributed by atoms with van der Waals surface area (Å²) in [6.45, 7) is 9.30. The molecule has 17 heavy (non-hydrogen) atoms. The summed E-state index contributed by atoms with van der Waals surface area (Å²) in [5, 5.41) is 12.9. The second-order valence-electron chi connectivity index (χ2n) is 5.18. The Hall–Kier alpha value is -0.860. The third-order valence-electron chi connectivity index (χ3n) is 3.17. The first-order chi connectivity index (χ1) is 8.00. The highest BCUT2D eigenvalue weighted by Gasteiger charge is 2.10. The molecule has 96 valence electrons. The van der Waals surface area contributed by atoms with E-state index >= 15 is 0 Å². The molecule has 2 heteroatoms. The highest BCUT2D eigenvalue weighted by atomic mass is 16.3. The van der Waals surface area contributed by atoms with Gasteiger partial charge in [-0.1, -0.05) is 31.2 Å². The topological polar surface area (TPSA) is 32.3 Å². The molecule has 0 saturated heterocycles. The van der Waals surface area contributed by atoms with Gasteiger partial charge in [-0.25, -0.2) is 0 Å². The molecular weight excluding hydrogens is 210 g/mol. The molecule has 0 heterocycles. The van der Waals surface area contributed by atoms with Gasteiger partial charge in [0.05, 0.1) is 6.10 Å². The summed E-state index contributed by atoms with van der Waals surface area (Å²) < 4.78 is 0. The minimum atomic E-state index is -0.208. The fraction of sp³-hybridized carbons (Fsp3) is 0.600. The van der Waals surface area contributed by atoms with Crippen molar-refractivity contribution in [2.24, 2.45) is 5.92 Å². The smallest absolute Gasteiger partial charge is 0.0515 e. The van der Waals surface area contributed by atoms with Crippen LogP contribution in [0.4, 0.5) is 0 Å². The van der Waals surface area contributed by atoms with Crippen LogP contribution in [0.5, 0.6) is 0 Å². The van der Waals surface area contributed by atoms with Crippen LogP contribution in [0.15, 0.2) is 24.3 Å². The molecule has 2 N–H and O–H groups in total. The molecule has 0 bridgehead atoms. The summed E-state index contributed by atoms with van der Waals surface area (Å²) in [5.41, 5.74) is 2.69. The number of hydrogen-bond acceptors (Lipinski definition) is 2. The maximum Gasteiger partial charge on any atom is 0.0515 e. The van der Waals surface area contributed by atoms with Crippen LogP contribution < -0.4 is 5.32 Å². The monoisotopic (exact) mass is 235 g/mol. The molecule has 0 aliphatic carbocycles. The summed E-state index contributed by atoms with van der Waals surface area (Å²) in [5.74, 6) is 0.501. The van der Waals surface area contributed by atoms with Crippen LogP contribution in [0.3, 0.4) is 0 Å². The molecular formula is C15H25NO. The highest BCUT2D eigenvalue weighted by Crippen LogP contribution is 2.17. The molecule has 1 aromatic carbocycles. The lowest BCUT2D eigenvalue weighted by Gasteiger charge is -2.20. The number of hydrogen-bond donors (Lipinski definition) is 2. The number of benzene rings is 1. The van der Waals surface area contributed by atoms with Gasteiger partial charge in [-0.2, -0.15) is 0 Å². The van der Waals surface area contributed by atoms with E-state index in [1.54, 1.807) is 0 Å². The molecule has 0 aliphatic heterocycles. The van der Waals surface area contributed by atoms with Gasteiger partial charge in [-0.3, -0.25) is 0 Å². The van der Waals surface area contributed by atoms with E-state index in [4.69, 9.17) is 0 Å². The van der Waals surface area contributed by atoms with Gasteiger partial charge in [0, 0.05) is 6.04 Å². The van der Waals surface area contributed by atoms with Gasteiger partial charge in [0.2, 0.25) is 0 Å². The van der Waals surface area contributed by atoms with Gasteiger partial charge in [0.15, 0.2) is 0 Å². The number of aliphatic hydroxyl groups excluding tert-OH is 1. The van der Waals surface area contributed by atoms with Crippen molar-refractivity contribution in [3.05, 3.63) is 35.4 Å². The second kappa shape index (κ2) is 6.77. The summed E-state index contributed by atoms with van der Waals surface area (Å²) in [4.78, 5) is 0. The molecule has 1 aromatic rings. The first kappa shape index (κ1) is 14.2. The van der Waals surface area contributed by atoms with Crippen molar-refractivity contribution < 1.29 is 5.11 Å². The van der Waals surface area contributed by atoms with Crippen molar-refractivity contribution in [2.75, 3.05) is 6.54 Å². The van der Waals surface area contributed by atoms with E-state index in [1.165, 1.54) is 11.1 Å². The summed E-state index contributed by atoms with van der Waals surface area (Å²) >= 11 is 0. The molecule has 0 aromatic heterocycles. The zero-order valence-corrected chi connectivity index (χ0v) is 11.4. The van der Waals surface area contributed by atoms with Crippen LogP contribution in [0.2, 0.25) is 0 Å². The average Bonchev–Trinajstić information content (AvgIpc) is 2.25. The van der Waals surface area contributed by atoms with E-state index in [0.717, 1.165) is 13.0 Å². The normalized spacial score (nSPS) is 16.5. The Balaban J connectivity index is 2.45. The molecule has 0 saturated carbocycles. The first-order valence-electron chi connectivity index (χ1n) is 6.47. The number of aliphatic hydroxyl groups is 1. The third-order valence-corrected chi connectivity index (χ3v) is 3.17. The Labute approximate surface area is 105 Å². The number of rotatable bonds is 6. The predicted octanol–water partition coefficient (Wildman–Crippen LogP) is 3.05. The van der Waals surface area contributed by atoms with E-state index < -0.39 is 0 Å². The van der Waals surface area contributed by atoms with Gasteiger partial charge in [-0.05, 0) is 50.8 Å². The van der Waals surface area contributed by atoms with E-state index in [9.17, 15) is 5.11 Å². The van der Waals surface area contributed by atoms with Crippen molar-refractivity contribution in [1.29, 1.82) is 0 Å². The van der Waals surface area contributed by atoms with Crippen LogP contribution in [0, 0.1) is 12.8 Å². The molecule has 0 spiro atoms. The third kappa shape index (κ3) is 4.88. The fourth-order valence-electron chi connectivity index (χ4n) is 2.23. The summed E-state index contributed by atoms with van der Waals surface area (Å²) in [7, 11) is 0. The lowest BCUT2D eigenvalue weighted by Crippen LogP contribution is -2.26. The molecule has 3 unspecified atom stereocenters. The molecule has 2 nitrogen and oxygen atoms in total. The number of aryl methyl sites for hydroxylation is 1. The maximum absolute atomic E-state index is 9.32. The predicted molar refractivity (Wildman–Crippen MR) is 73.1 cm³/mol. The van der Waals surface area contributed by atoms with Crippen molar-refractivity contribution in [1.82, 2.24) is 5.32 Å². The van der Waals surface area contributed by atoms with Crippen LogP contribution in [-0.2, 0) is 0 Å². The van der Waals surface area contributed by atoms with E-state index in [1.807, 2.05) is 6.92 Å². The zero-order chi connectivity index (χ0) is 12.8. The van der Waals surface area contributed by atoms with Crippen LogP contribution in [0.25, 0.3) is 0 Å². The largest absolute Gasteiger partial charge is 0.393 e. The lowest BCUT2D eigenvalue weighted by atomic mass is 10.0. The summed E-state index contributed by atoms with van der Waals surface area (Å²) in [6, 6.07) is 8.84. The first-order valence-corrected chi connectivity index (χ1v) is 6.47. The summed E-state index contributed by atoms with van der Waals surface area (Å²) in [6.07, 6.45) is 0.647. The molecule has 0 fully saturated rings. The Morgan fingerprint density at radius 1 is 1.18 bits per heavy atom. The Morgan fingerprint density at radius 2 is 1.82 bits per heavy atom. The minimum absolute atomic E-state index is 0.208. The quantitative estimate of drug-likeness (QED) is 0.794. The lowest BCUT2D eigenvalue weighted by molar-refractivity contribution is 0.162. The molecule has 3 atom stereocenters. The van der Waals surface area contributed by atoms with E-state index in [-0.39, 0.29) is 6.10 Å². The van der Waals surface area contributed by atoms with Crippen molar-refractivity contribution in [2.45, 2.75) is 46.3 Å². The van der Waals surface area contributed by atoms with Crippen LogP contribution in [0.1, 0.15) is 44.4 Å². The highest BCUT2D eigenvalue weighted by molar-refractivity contribution is 5.28. The molecule has 0 aliphatic rings. The Kier molecular flexibility index (Phi) is 5.66. The van der Waals surface area contributed by atoms with Crippen molar-refractivity contribution >= 4 is 0 Å².